The lowest BCUT2D eigenvalue weighted by atomic mass is 9.74. The summed E-state index contributed by atoms with van der Waals surface area (Å²) < 4.78 is 6.17. The van der Waals surface area contributed by atoms with Crippen molar-refractivity contribution in [3.8, 4) is 0 Å². The SMILES string of the molecule is CC(=O)OCC(C)CCC(C)(C(=O)CBr)c1cccc(I)c1. The Morgan fingerprint density at radius 2 is 2.09 bits per heavy atom. The van der Waals surface area contributed by atoms with E-state index in [9.17, 15) is 9.59 Å². The first-order valence-corrected chi connectivity index (χ1v) is 9.48. The van der Waals surface area contributed by atoms with Gasteiger partial charge in [0.25, 0.3) is 0 Å². The molecule has 0 aromatic heterocycles. The van der Waals surface area contributed by atoms with Gasteiger partial charge in [0.15, 0.2) is 5.78 Å². The maximum Gasteiger partial charge on any atom is 0.302 e. The number of halogens is 2. The molecule has 2 atom stereocenters. The lowest BCUT2D eigenvalue weighted by molar-refractivity contribution is -0.142. The minimum absolute atomic E-state index is 0.175. The highest BCUT2D eigenvalue weighted by Crippen LogP contribution is 2.33. The van der Waals surface area contributed by atoms with Crippen LogP contribution in [-0.4, -0.2) is 23.7 Å². The lowest BCUT2D eigenvalue weighted by Gasteiger charge is -2.29. The van der Waals surface area contributed by atoms with Crippen molar-refractivity contribution in [2.24, 2.45) is 5.92 Å². The minimum Gasteiger partial charge on any atom is -0.466 e. The molecule has 2 unspecified atom stereocenters. The third-order valence-electron chi connectivity index (χ3n) is 3.91. The normalized spacial score (nSPS) is 15.0. The highest BCUT2D eigenvalue weighted by atomic mass is 127. The molecule has 0 heterocycles. The molecule has 0 aliphatic heterocycles. The van der Waals surface area contributed by atoms with Crippen LogP contribution in [0.4, 0.5) is 0 Å². The van der Waals surface area contributed by atoms with Gasteiger partial charge in [-0.25, -0.2) is 0 Å². The number of hydrogen-bond donors (Lipinski definition) is 0. The average Bonchev–Trinajstić information content (AvgIpc) is 2.49. The van der Waals surface area contributed by atoms with Crippen LogP contribution >= 0.6 is 38.5 Å². The Hall–Kier alpha value is -0.430. The van der Waals surface area contributed by atoms with Crippen LogP contribution in [0, 0.1) is 9.49 Å². The van der Waals surface area contributed by atoms with Gasteiger partial charge >= 0.3 is 5.97 Å². The Bertz CT molecular complexity index is 532. The Kier molecular flexibility index (Phi) is 8.03. The summed E-state index contributed by atoms with van der Waals surface area (Å²) >= 11 is 5.57. The number of ether oxygens (including phenoxy) is 1. The second-order valence-electron chi connectivity index (χ2n) is 5.85. The summed E-state index contributed by atoms with van der Waals surface area (Å²) in [6.45, 7) is 5.86. The van der Waals surface area contributed by atoms with E-state index < -0.39 is 5.41 Å². The fourth-order valence-electron chi connectivity index (χ4n) is 2.30. The number of esters is 1. The van der Waals surface area contributed by atoms with Gasteiger partial charge in [0.05, 0.1) is 17.4 Å². The molecule has 22 heavy (non-hydrogen) atoms. The molecular formula is C17H22BrIO3. The predicted molar refractivity (Wildman–Crippen MR) is 100 cm³/mol. The Balaban J connectivity index is 2.85. The van der Waals surface area contributed by atoms with Gasteiger partial charge in [-0.1, -0.05) is 35.0 Å². The van der Waals surface area contributed by atoms with Crippen molar-refractivity contribution < 1.29 is 14.3 Å². The quantitative estimate of drug-likeness (QED) is 0.312. The zero-order valence-electron chi connectivity index (χ0n) is 13.2. The highest BCUT2D eigenvalue weighted by molar-refractivity contribution is 14.1. The third-order valence-corrected chi connectivity index (χ3v) is 5.09. The first kappa shape index (κ1) is 19.6. The summed E-state index contributed by atoms with van der Waals surface area (Å²) in [6, 6.07) is 8.09. The standard InChI is InChI=1S/C17H22BrIO3/c1-12(11-22-13(2)20)7-8-17(3,16(21)10-18)14-5-4-6-15(19)9-14/h4-6,9,12H,7-8,10-11H2,1-3H3. The van der Waals surface area contributed by atoms with Gasteiger partial charge in [-0.2, -0.15) is 0 Å². The first-order chi connectivity index (χ1) is 10.3. The number of Topliss-reactive ketones (excluding diaryl/α,β-unsaturated/α-hetero) is 1. The van der Waals surface area contributed by atoms with Crippen LogP contribution in [0.1, 0.15) is 39.2 Å². The summed E-state index contributed by atoms with van der Waals surface area (Å²) in [4.78, 5) is 23.4. The molecular weight excluding hydrogens is 459 g/mol. The fourth-order valence-corrected chi connectivity index (χ4v) is 3.46. The highest BCUT2D eigenvalue weighted by Gasteiger charge is 2.34. The molecule has 0 aliphatic carbocycles. The maximum atomic E-state index is 12.5. The number of ketones is 1. The lowest BCUT2D eigenvalue weighted by Crippen LogP contribution is -2.34. The second kappa shape index (κ2) is 9.01. The molecule has 1 aromatic carbocycles. The van der Waals surface area contributed by atoms with Crippen molar-refractivity contribution in [3.05, 3.63) is 33.4 Å². The number of hydrogen-bond acceptors (Lipinski definition) is 3. The average molecular weight is 481 g/mol. The van der Waals surface area contributed by atoms with Crippen molar-refractivity contribution in [2.75, 3.05) is 11.9 Å². The van der Waals surface area contributed by atoms with Crippen molar-refractivity contribution in [2.45, 2.75) is 39.0 Å². The Morgan fingerprint density at radius 3 is 2.64 bits per heavy atom. The van der Waals surface area contributed by atoms with Crippen molar-refractivity contribution in [1.29, 1.82) is 0 Å². The minimum atomic E-state index is -0.519. The summed E-state index contributed by atoms with van der Waals surface area (Å²) in [5.41, 5.74) is 0.526. The topological polar surface area (TPSA) is 43.4 Å². The van der Waals surface area contributed by atoms with Crippen molar-refractivity contribution in [1.82, 2.24) is 0 Å². The molecule has 0 radical (unpaired) electrons. The molecule has 0 saturated heterocycles. The van der Waals surface area contributed by atoms with E-state index in [2.05, 4.69) is 44.6 Å². The van der Waals surface area contributed by atoms with E-state index in [1.54, 1.807) is 0 Å². The van der Waals surface area contributed by atoms with Crippen LogP contribution in [0.15, 0.2) is 24.3 Å². The van der Waals surface area contributed by atoms with Crippen LogP contribution < -0.4 is 0 Å². The zero-order valence-corrected chi connectivity index (χ0v) is 16.9. The fraction of sp³-hybridized carbons (Fsp3) is 0.529. The number of benzene rings is 1. The van der Waals surface area contributed by atoms with Crippen LogP contribution in [0.3, 0.4) is 0 Å². The molecule has 0 amide bonds. The van der Waals surface area contributed by atoms with E-state index in [1.807, 2.05) is 32.0 Å². The number of carbonyl (C=O) groups excluding carboxylic acids is 2. The Morgan fingerprint density at radius 1 is 1.41 bits per heavy atom. The molecule has 0 bridgehead atoms. The van der Waals surface area contributed by atoms with Crippen LogP contribution in [0.25, 0.3) is 0 Å². The third kappa shape index (κ3) is 5.65. The summed E-state index contributed by atoms with van der Waals surface area (Å²) in [6.07, 6.45) is 1.56. The molecule has 5 heteroatoms. The van der Waals surface area contributed by atoms with E-state index in [-0.39, 0.29) is 17.7 Å². The summed E-state index contributed by atoms with van der Waals surface area (Å²) in [7, 11) is 0. The molecule has 1 rings (SSSR count). The largest absolute Gasteiger partial charge is 0.466 e. The van der Waals surface area contributed by atoms with Gasteiger partial charge in [-0.15, -0.1) is 0 Å². The molecule has 0 fully saturated rings. The summed E-state index contributed by atoms with van der Waals surface area (Å²) in [5.74, 6) is 0.145. The Labute approximate surface area is 154 Å². The smallest absolute Gasteiger partial charge is 0.302 e. The van der Waals surface area contributed by atoms with Gasteiger partial charge in [0, 0.05) is 10.5 Å². The number of carbonyl (C=O) groups is 2. The second-order valence-corrected chi connectivity index (χ2v) is 7.65. The van der Waals surface area contributed by atoms with Crippen LogP contribution in [-0.2, 0) is 19.7 Å². The zero-order chi connectivity index (χ0) is 16.8. The van der Waals surface area contributed by atoms with Gasteiger partial charge in [0.2, 0.25) is 0 Å². The van der Waals surface area contributed by atoms with Gasteiger partial charge in [-0.3, -0.25) is 9.59 Å². The van der Waals surface area contributed by atoms with E-state index >= 15 is 0 Å². The molecule has 122 valence electrons. The predicted octanol–water partition coefficient (Wildman–Crippen LogP) is 4.49. The van der Waals surface area contributed by atoms with Crippen molar-refractivity contribution >= 4 is 50.3 Å². The van der Waals surface area contributed by atoms with E-state index in [4.69, 9.17) is 4.74 Å². The maximum absolute atomic E-state index is 12.5. The summed E-state index contributed by atoms with van der Waals surface area (Å²) in [5, 5.41) is 0.341. The van der Waals surface area contributed by atoms with E-state index in [1.165, 1.54) is 6.92 Å². The molecule has 0 saturated carbocycles. The van der Waals surface area contributed by atoms with Gasteiger partial charge in [0.1, 0.15) is 0 Å². The monoisotopic (exact) mass is 480 g/mol. The number of alkyl halides is 1. The van der Waals surface area contributed by atoms with Gasteiger partial charge in [-0.05, 0) is 66.0 Å². The van der Waals surface area contributed by atoms with E-state index in [0.29, 0.717) is 11.9 Å². The molecule has 0 spiro atoms. The first-order valence-electron chi connectivity index (χ1n) is 7.28. The van der Waals surface area contributed by atoms with Crippen molar-refractivity contribution in [3.63, 3.8) is 0 Å². The van der Waals surface area contributed by atoms with Crippen LogP contribution in [0.2, 0.25) is 0 Å². The van der Waals surface area contributed by atoms with Gasteiger partial charge < -0.3 is 4.74 Å². The molecule has 1 aromatic rings. The van der Waals surface area contributed by atoms with Crippen LogP contribution in [0.5, 0.6) is 0 Å². The molecule has 0 aliphatic rings. The molecule has 3 nitrogen and oxygen atoms in total. The molecule has 0 N–H and O–H groups in total. The number of rotatable bonds is 8. The van der Waals surface area contributed by atoms with E-state index in [0.717, 1.165) is 22.0 Å².